The molecule has 2 fully saturated rings. The van der Waals surface area contributed by atoms with Gasteiger partial charge in [0.05, 0.1) is 6.54 Å². The predicted molar refractivity (Wildman–Crippen MR) is 75.6 cm³/mol. The molecule has 2 aliphatic rings. The second kappa shape index (κ2) is 5.61. The molecular weight excluding hydrogens is 236 g/mol. The molecule has 5 unspecified atom stereocenters. The van der Waals surface area contributed by atoms with E-state index in [1.165, 1.54) is 32.1 Å². The Kier molecular flexibility index (Phi) is 3.87. The van der Waals surface area contributed by atoms with Gasteiger partial charge in [0.25, 0.3) is 0 Å². The molecule has 4 heteroatoms. The van der Waals surface area contributed by atoms with E-state index < -0.39 is 0 Å². The van der Waals surface area contributed by atoms with Crippen molar-refractivity contribution >= 4 is 0 Å². The Balaban J connectivity index is 1.42. The van der Waals surface area contributed by atoms with Crippen LogP contribution in [0.3, 0.4) is 0 Å². The standard InChI is InChI=1S/C15H26N4/c1-11(5-15-7-13-3-4-14(15)6-13)18-12(2)8-19-10-16-9-17-19/h9-15,18H,3-8H2,1-2H3. The Morgan fingerprint density at radius 1 is 1.26 bits per heavy atom. The molecule has 106 valence electrons. The Morgan fingerprint density at radius 2 is 2.16 bits per heavy atom. The fraction of sp³-hybridized carbons (Fsp3) is 0.867. The summed E-state index contributed by atoms with van der Waals surface area (Å²) in [6, 6.07) is 1.07. The van der Waals surface area contributed by atoms with Crippen LogP contribution in [-0.4, -0.2) is 26.8 Å². The molecule has 0 amide bonds. The van der Waals surface area contributed by atoms with Gasteiger partial charge in [0, 0.05) is 12.1 Å². The second-order valence-electron chi connectivity index (χ2n) is 6.76. The van der Waals surface area contributed by atoms with Crippen LogP contribution in [0.25, 0.3) is 0 Å². The van der Waals surface area contributed by atoms with Crippen LogP contribution in [0.2, 0.25) is 0 Å². The van der Waals surface area contributed by atoms with Gasteiger partial charge in [-0.3, -0.25) is 4.68 Å². The third-order valence-electron chi connectivity index (χ3n) is 5.04. The predicted octanol–water partition coefficient (Wildman–Crippen LogP) is 2.47. The van der Waals surface area contributed by atoms with Crippen molar-refractivity contribution in [1.82, 2.24) is 20.1 Å². The van der Waals surface area contributed by atoms with Crippen molar-refractivity contribution in [2.24, 2.45) is 17.8 Å². The van der Waals surface area contributed by atoms with E-state index in [-0.39, 0.29) is 0 Å². The fourth-order valence-corrected chi connectivity index (χ4v) is 4.33. The van der Waals surface area contributed by atoms with E-state index in [9.17, 15) is 0 Å². The summed E-state index contributed by atoms with van der Waals surface area (Å²) in [5.74, 6) is 3.09. The van der Waals surface area contributed by atoms with Gasteiger partial charge in [0.15, 0.2) is 0 Å². The van der Waals surface area contributed by atoms with Crippen molar-refractivity contribution in [3.05, 3.63) is 12.7 Å². The van der Waals surface area contributed by atoms with Gasteiger partial charge in [-0.05, 0) is 57.3 Å². The van der Waals surface area contributed by atoms with Crippen LogP contribution < -0.4 is 5.32 Å². The molecule has 0 saturated heterocycles. The second-order valence-corrected chi connectivity index (χ2v) is 6.76. The first-order valence-electron chi connectivity index (χ1n) is 7.79. The monoisotopic (exact) mass is 262 g/mol. The number of nitrogens with zero attached hydrogens (tertiary/aromatic N) is 3. The highest BCUT2D eigenvalue weighted by Crippen LogP contribution is 2.49. The SMILES string of the molecule is CC(CC1CC2CCC1C2)NC(C)Cn1cncn1. The molecule has 2 aliphatic carbocycles. The highest BCUT2D eigenvalue weighted by atomic mass is 15.3. The molecule has 4 nitrogen and oxygen atoms in total. The van der Waals surface area contributed by atoms with Crippen molar-refractivity contribution in [3.63, 3.8) is 0 Å². The summed E-state index contributed by atoms with van der Waals surface area (Å²) in [6.45, 7) is 5.48. The average Bonchev–Trinajstić information content (AvgIpc) is 3.04. The molecule has 1 heterocycles. The summed E-state index contributed by atoms with van der Waals surface area (Å²) in [5, 5.41) is 7.88. The molecule has 19 heavy (non-hydrogen) atoms. The Bertz CT molecular complexity index is 389. The lowest BCUT2D eigenvalue weighted by Gasteiger charge is -2.27. The average molecular weight is 262 g/mol. The Hall–Kier alpha value is -0.900. The van der Waals surface area contributed by atoms with E-state index in [4.69, 9.17) is 0 Å². The summed E-state index contributed by atoms with van der Waals surface area (Å²) in [6.07, 6.45) is 10.8. The van der Waals surface area contributed by atoms with Crippen LogP contribution in [0.1, 0.15) is 46.0 Å². The topological polar surface area (TPSA) is 42.7 Å². The number of fused-ring (bicyclic) bond motifs is 2. The lowest BCUT2D eigenvalue weighted by atomic mass is 9.84. The third kappa shape index (κ3) is 3.16. The minimum atomic E-state index is 0.454. The van der Waals surface area contributed by atoms with E-state index >= 15 is 0 Å². The maximum Gasteiger partial charge on any atom is 0.137 e. The highest BCUT2D eigenvalue weighted by Gasteiger charge is 2.39. The van der Waals surface area contributed by atoms with Crippen LogP contribution in [-0.2, 0) is 6.54 Å². The smallest absolute Gasteiger partial charge is 0.137 e. The summed E-state index contributed by atoms with van der Waals surface area (Å²) in [7, 11) is 0. The lowest BCUT2D eigenvalue weighted by Crippen LogP contribution is -2.39. The van der Waals surface area contributed by atoms with Gasteiger partial charge in [-0.15, -0.1) is 0 Å². The molecule has 5 atom stereocenters. The number of nitrogens with one attached hydrogen (secondary N) is 1. The first kappa shape index (κ1) is 13.1. The first-order valence-corrected chi connectivity index (χ1v) is 7.79. The number of hydrogen-bond acceptors (Lipinski definition) is 3. The zero-order valence-corrected chi connectivity index (χ0v) is 12.1. The van der Waals surface area contributed by atoms with E-state index in [1.54, 1.807) is 12.7 Å². The minimum absolute atomic E-state index is 0.454. The molecule has 0 aliphatic heterocycles. The molecule has 1 aromatic heterocycles. The summed E-state index contributed by atoms with van der Waals surface area (Å²) in [5.41, 5.74) is 0. The van der Waals surface area contributed by atoms with Gasteiger partial charge < -0.3 is 5.32 Å². The number of hydrogen-bond donors (Lipinski definition) is 1. The maximum atomic E-state index is 4.16. The van der Waals surface area contributed by atoms with Crippen molar-refractivity contribution in [1.29, 1.82) is 0 Å². The van der Waals surface area contributed by atoms with Crippen LogP contribution in [0.5, 0.6) is 0 Å². The van der Waals surface area contributed by atoms with Crippen molar-refractivity contribution in [2.75, 3.05) is 0 Å². The van der Waals surface area contributed by atoms with E-state index in [0.29, 0.717) is 12.1 Å². The van der Waals surface area contributed by atoms with Gasteiger partial charge in [-0.25, -0.2) is 4.98 Å². The zero-order chi connectivity index (χ0) is 13.2. The molecular formula is C15H26N4. The van der Waals surface area contributed by atoms with Gasteiger partial charge in [0.1, 0.15) is 12.7 Å². The number of aromatic nitrogens is 3. The van der Waals surface area contributed by atoms with Gasteiger partial charge in [-0.2, -0.15) is 5.10 Å². The zero-order valence-electron chi connectivity index (χ0n) is 12.1. The molecule has 2 saturated carbocycles. The van der Waals surface area contributed by atoms with Crippen LogP contribution >= 0.6 is 0 Å². The summed E-state index contributed by atoms with van der Waals surface area (Å²) in [4.78, 5) is 3.99. The molecule has 0 spiro atoms. The van der Waals surface area contributed by atoms with E-state index in [2.05, 4.69) is 29.2 Å². The molecule has 0 radical (unpaired) electrons. The molecule has 1 aromatic rings. The highest BCUT2D eigenvalue weighted by molar-refractivity contribution is 4.91. The Labute approximate surface area is 116 Å². The van der Waals surface area contributed by atoms with Crippen molar-refractivity contribution < 1.29 is 0 Å². The van der Waals surface area contributed by atoms with Crippen molar-refractivity contribution in [2.45, 2.75) is 64.6 Å². The molecule has 2 bridgehead atoms. The van der Waals surface area contributed by atoms with Crippen LogP contribution in [0, 0.1) is 17.8 Å². The van der Waals surface area contributed by atoms with Gasteiger partial charge in [0.2, 0.25) is 0 Å². The maximum absolute atomic E-state index is 4.16. The molecule has 3 rings (SSSR count). The van der Waals surface area contributed by atoms with Crippen LogP contribution in [0.15, 0.2) is 12.7 Å². The fourth-order valence-electron chi connectivity index (χ4n) is 4.33. The van der Waals surface area contributed by atoms with Crippen molar-refractivity contribution in [3.8, 4) is 0 Å². The lowest BCUT2D eigenvalue weighted by molar-refractivity contribution is 0.271. The van der Waals surface area contributed by atoms with Gasteiger partial charge >= 0.3 is 0 Å². The van der Waals surface area contributed by atoms with E-state index in [1.807, 2.05) is 4.68 Å². The Morgan fingerprint density at radius 3 is 2.79 bits per heavy atom. The minimum Gasteiger partial charge on any atom is -0.310 e. The summed E-state index contributed by atoms with van der Waals surface area (Å²) < 4.78 is 1.90. The third-order valence-corrected chi connectivity index (χ3v) is 5.04. The first-order chi connectivity index (χ1) is 9.20. The number of rotatable bonds is 6. The molecule has 0 aromatic carbocycles. The normalized spacial score (nSPS) is 32.6. The van der Waals surface area contributed by atoms with E-state index in [0.717, 1.165) is 24.3 Å². The largest absolute Gasteiger partial charge is 0.310 e. The quantitative estimate of drug-likeness (QED) is 0.856. The summed E-state index contributed by atoms with van der Waals surface area (Å²) >= 11 is 0. The van der Waals surface area contributed by atoms with Gasteiger partial charge in [-0.1, -0.05) is 6.42 Å². The molecule has 1 N–H and O–H groups in total. The van der Waals surface area contributed by atoms with Crippen LogP contribution in [0.4, 0.5) is 0 Å².